The molecule has 1 heteroatoms. The maximum atomic E-state index is 4.95. The lowest BCUT2D eigenvalue weighted by molar-refractivity contribution is 0.769. The van der Waals surface area contributed by atoms with E-state index >= 15 is 0 Å². The summed E-state index contributed by atoms with van der Waals surface area (Å²) in [5, 5.41) is 3.64. The summed E-state index contributed by atoms with van der Waals surface area (Å²) in [6, 6.07) is 71.4. The van der Waals surface area contributed by atoms with E-state index in [0.717, 1.165) is 23.0 Å². The van der Waals surface area contributed by atoms with Crippen LogP contribution in [0.15, 0.2) is 219 Å². The molecule has 0 amide bonds. The number of benzene rings is 8. The Labute approximate surface area is 328 Å². The van der Waals surface area contributed by atoms with E-state index in [4.69, 9.17) is 4.98 Å². The van der Waals surface area contributed by atoms with Crippen molar-refractivity contribution in [3.63, 3.8) is 0 Å². The zero-order valence-electron chi connectivity index (χ0n) is 31.1. The molecule has 0 radical (unpaired) electrons. The van der Waals surface area contributed by atoms with Gasteiger partial charge < -0.3 is 0 Å². The molecular formula is C55H39N. The van der Waals surface area contributed by atoms with E-state index in [-0.39, 0.29) is 0 Å². The Morgan fingerprint density at radius 3 is 1.62 bits per heavy atom. The number of hydrogen-bond donors (Lipinski definition) is 0. The SMILES string of the molecule is C=C/C=C\Cc1cc(-c2ccc(-c3ccc(-c4ccc5c(c4)C(c4ccccc4)(c4ccccc4)c4ccccc4-5)c4ccccc34)cc2)c2ccccc2n1. The highest BCUT2D eigenvalue weighted by atomic mass is 14.7. The summed E-state index contributed by atoms with van der Waals surface area (Å²) in [5.41, 5.74) is 16.7. The number of aromatic nitrogens is 1. The van der Waals surface area contributed by atoms with E-state index in [9.17, 15) is 0 Å². The fourth-order valence-electron chi connectivity index (χ4n) is 9.10. The summed E-state index contributed by atoms with van der Waals surface area (Å²) in [4.78, 5) is 4.95. The van der Waals surface area contributed by atoms with Gasteiger partial charge in [-0.3, -0.25) is 4.98 Å². The first-order chi connectivity index (χ1) is 27.7. The minimum atomic E-state index is -0.439. The van der Waals surface area contributed by atoms with Crippen molar-refractivity contribution in [2.75, 3.05) is 0 Å². The van der Waals surface area contributed by atoms with E-state index in [1.165, 1.54) is 77.5 Å². The minimum absolute atomic E-state index is 0.439. The van der Waals surface area contributed by atoms with Crippen LogP contribution in [0.25, 0.3) is 66.2 Å². The smallest absolute Gasteiger partial charge is 0.0713 e. The van der Waals surface area contributed by atoms with Crippen LogP contribution >= 0.6 is 0 Å². The van der Waals surface area contributed by atoms with Crippen molar-refractivity contribution in [1.29, 1.82) is 0 Å². The Bertz CT molecular complexity index is 2900. The molecule has 0 bridgehead atoms. The number of para-hydroxylation sites is 1. The van der Waals surface area contributed by atoms with Crippen LogP contribution in [-0.4, -0.2) is 4.98 Å². The molecule has 1 aromatic heterocycles. The van der Waals surface area contributed by atoms with Gasteiger partial charge in [0.15, 0.2) is 0 Å². The summed E-state index contributed by atoms with van der Waals surface area (Å²) in [6.45, 7) is 3.82. The molecule has 0 unspecified atom stereocenters. The van der Waals surface area contributed by atoms with Crippen molar-refractivity contribution in [1.82, 2.24) is 4.98 Å². The van der Waals surface area contributed by atoms with Crippen LogP contribution in [0.2, 0.25) is 0 Å². The zero-order chi connectivity index (χ0) is 37.5. The topological polar surface area (TPSA) is 12.9 Å². The Morgan fingerprint density at radius 1 is 0.429 bits per heavy atom. The molecule has 10 rings (SSSR count). The molecule has 0 aliphatic heterocycles. The fraction of sp³-hybridized carbons (Fsp3) is 0.0364. The normalized spacial score (nSPS) is 12.9. The van der Waals surface area contributed by atoms with E-state index in [2.05, 4.69) is 207 Å². The lowest BCUT2D eigenvalue weighted by Crippen LogP contribution is -2.28. The number of rotatable bonds is 8. The van der Waals surface area contributed by atoms with E-state index in [1.807, 2.05) is 12.2 Å². The fourth-order valence-corrected chi connectivity index (χ4v) is 9.10. The molecule has 1 nitrogen and oxygen atoms in total. The summed E-state index contributed by atoms with van der Waals surface area (Å²) in [6.07, 6.45) is 6.66. The van der Waals surface area contributed by atoms with E-state index < -0.39 is 5.41 Å². The Balaban J connectivity index is 1.09. The molecule has 0 spiro atoms. The monoisotopic (exact) mass is 713 g/mol. The molecule has 56 heavy (non-hydrogen) atoms. The van der Waals surface area contributed by atoms with Crippen molar-refractivity contribution in [2.24, 2.45) is 0 Å². The van der Waals surface area contributed by atoms with Crippen molar-refractivity contribution >= 4 is 21.7 Å². The van der Waals surface area contributed by atoms with Crippen LogP contribution < -0.4 is 0 Å². The van der Waals surface area contributed by atoms with Crippen LogP contribution in [0, 0.1) is 0 Å². The third kappa shape index (κ3) is 5.43. The number of fused-ring (bicyclic) bond motifs is 5. The van der Waals surface area contributed by atoms with Gasteiger partial charge in [0.25, 0.3) is 0 Å². The molecule has 0 atom stereocenters. The highest BCUT2D eigenvalue weighted by molar-refractivity contribution is 6.06. The van der Waals surface area contributed by atoms with Crippen LogP contribution in [-0.2, 0) is 11.8 Å². The second-order valence-electron chi connectivity index (χ2n) is 14.6. The second-order valence-corrected chi connectivity index (χ2v) is 14.6. The molecule has 1 aliphatic rings. The lowest BCUT2D eigenvalue weighted by atomic mass is 9.67. The molecule has 0 N–H and O–H groups in total. The summed E-state index contributed by atoms with van der Waals surface area (Å²) < 4.78 is 0. The number of hydrogen-bond acceptors (Lipinski definition) is 1. The van der Waals surface area contributed by atoms with E-state index in [1.54, 1.807) is 0 Å². The Hall–Kier alpha value is -7.09. The first kappa shape index (κ1) is 33.5. The van der Waals surface area contributed by atoms with Gasteiger partial charge in [0.05, 0.1) is 10.9 Å². The van der Waals surface area contributed by atoms with Crippen molar-refractivity contribution in [2.45, 2.75) is 11.8 Å². The molecule has 1 aliphatic carbocycles. The van der Waals surface area contributed by atoms with Gasteiger partial charge in [0.2, 0.25) is 0 Å². The summed E-state index contributed by atoms with van der Waals surface area (Å²) in [7, 11) is 0. The second kappa shape index (κ2) is 14.0. The standard InChI is InChI=1S/C55H39N/c1-2-3-6-21-43-37-51(50-25-14-16-27-54(50)56-43)39-30-28-38(29-31-39)44-34-35-45(47-23-12-11-22-46(44)47)40-32-33-49-48-24-13-15-26-52(48)55(53(49)36-40,41-17-7-4-8-18-41)42-19-9-5-10-20-42/h2-20,22-37H,1,21H2/b6-3-. The van der Waals surface area contributed by atoms with E-state index in [0.29, 0.717) is 0 Å². The first-order valence-corrected chi connectivity index (χ1v) is 19.4. The molecule has 1 heterocycles. The Kier molecular flexibility index (Phi) is 8.34. The number of allylic oxidation sites excluding steroid dienone is 3. The van der Waals surface area contributed by atoms with Crippen LogP contribution in [0.1, 0.15) is 27.9 Å². The number of pyridine rings is 1. The molecular weight excluding hydrogens is 675 g/mol. The van der Waals surface area contributed by atoms with Gasteiger partial charge in [0, 0.05) is 17.5 Å². The van der Waals surface area contributed by atoms with Gasteiger partial charge in [-0.2, -0.15) is 0 Å². The average Bonchev–Trinajstić information content (AvgIpc) is 3.57. The quantitative estimate of drug-likeness (QED) is 0.143. The van der Waals surface area contributed by atoms with Crippen LogP contribution in [0.3, 0.4) is 0 Å². The highest BCUT2D eigenvalue weighted by Crippen LogP contribution is 2.57. The Morgan fingerprint density at radius 2 is 0.946 bits per heavy atom. The molecule has 0 fully saturated rings. The molecule has 8 aromatic carbocycles. The molecule has 9 aromatic rings. The molecule has 264 valence electrons. The van der Waals surface area contributed by atoms with Crippen molar-refractivity contribution < 1.29 is 0 Å². The zero-order valence-corrected chi connectivity index (χ0v) is 31.1. The maximum absolute atomic E-state index is 4.95. The van der Waals surface area contributed by atoms with Crippen molar-refractivity contribution in [3.05, 3.63) is 247 Å². The predicted octanol–water partition coefficient (Wildman–Crippen LogP) is 14.0. The highest BCUT2D eigenvalue weighted by Gasteiger charge is 2.46. The summed E-state index contributed by atoms with van der Waals surface area (Å²) >= 11 is 0. The van der Waals surface area contributed by atoms with Gasteiger partial charge in [-0.05, 0) is 95.7 Å². The van der Waals surface area contributed by atoms with Crippen LogP contribution in [0.4, 0.5) is 0 Å². The predicted molar refractivity (Wildman–Crippen MR) is 236 cm³/mol. The van der Waals surface area contributed by atoms with Gasteiger partial charge in [-0.1, -0.05) is 201 Å². The van der Waals surface area contributed by atoms with Crippen LogP contribution in [0.5, 0.6) is 0 Å². The van der Waals surface area contributed by atoms with Gasteiger partial charge in [-0.15, -0.1) is 0 Å². The third-order valence-electron chi connectivity index (χ3n) is 11.6. The first-order valence-electron chi connectivity index (χ1n) is 19.4. The maximum Gasteiger partial charge on any atom is 0.0713 e. The van der Waals surface area contributed by atoms with Gasteiger partial charge >= 0.3 is 0 Å². The van der Waals surface area contributed by atoms with Crippen molar-refractivity contribution in [3.8, 4) is 44.5 Å². The van der Waals surface area contributed by atoms with Gasteiger partial charge in [-0.25, -0.2) is 0 Å². The molecule has 0 saturated carbocycles. The summed E-state index contributed by atoms with van der Waals surface area (Å²) in [5.74, 6) is 0. The van der Waals surface area contributed by atoms with Gasteiger partial charge in [0.1, 0.15) is 0 Å². The number of nitrogens with zero attached hydrogens (tertiary/aromatic N) is 1. The minimum Gasteiger partial charge on any atom is -0.252 e. The largest absolute Gasteiger partial charge is 0.252 e. The lowest BCUT2D eigenvalue weighted by Gasteiger charge is -2.34. The average molecular weight is 714 g/mol. The third-order valence-corrected chi connectivity index (χ3v) is 11.6. The molecule has 0 saturated heterocycles.